The summed E-state index contributed by atoms with van der Waals surface area (Å²) in [6, 6.07) is 8.44. The molecule has 1 saturated carbocycles. The molecule has 1 aromatic rings. The number of hydrogen-bond acceptors (Lipinski definition) is 2. The summed E-state index contributed by atoms with van der Waals surface area (Å²) in [5.74, 6) is 1.02. The zero-order chi connectivity index (χ0) is 19.0. The van der Waals surface area contributed by atoms with Gasteiger partial charge in [-0.2, -0.15) is 0 Å². The zero-order valence-electron chi connectivity index (χ0n) is 17.2. The number of hydrogen-bond donors (Lipinski definition) is 2. The molecule has 0 saturated heterocycles. The fourth-order valence-corrected chi connectivity index (χ4v) is 3.81. The van der Waals surface area contributed by atoms with Crippen LogP contribution in [0.1, 0.15) is 50.7 Å². The Morgan fingerprint density at radius 1 is 1.11 bits per heavy atom. The summed E-state index contributed by atoms with van der Waals surface area (Å²) in [7, 11) is 3.70. The van der Waals surface area contributed by atoms with Gasteiger partial charge in [-0.15, -0.1) is 24.0 Å². The number of carbonyl (C=O) groups excluding carboxylic acids is 1. The fraction of sp³-hybridized carbons (Fsp3) is 0.619. The Bertz CT molecular complexity index is 624. The number of aliphatic imine (C=N–C) groups is 1. The van der Waals surface area contributed by atoms with Crippen LogP contribution >= 0.6 is 24.0 Å². The standard InChI is InChI=1S/C21H34N4O.HI/c1-5-17-11-7-8-12-18(17)15-23-20(22-6-2)24-16-21(13-9-10-14-21)19(26)25(3)4;/h7-8,11-12H,5-6,9-10,13-16H2,1-4H3,(H2,22,23,24);1H. The smallest absolute Gasteiger partial charge is 0.230 e. The maximum absolute atomic E-state index is 12.7. The van der Waals surface area contributed by atoms with Crippen molar-refractivity contribution in [2.45, 2.75) is 52.5 Å². The highest BCUT2D eigenvalue weighted by Gasteiger charge is 2.42. The van der Waals surface area contributed by atoms with Crippen molar-refractivity contribution in [3.8, 4) is 0 Å². The van der Waals surface area contributed by atoms with E-state index in [9.17, 15) is 4.79 Å². The van der Waals surface area contributed by atoms with Crippen molar-refractivity contribution >= 4 is 35.8 Å². The van der Waals surface area contributed by atoms with Crippen LogP contribution in [0.25, 0.3) is 0 Å². The average Bonchev–Trinajstić information content (AvgIpc) is 3.13. The minimum Gasteiger partial charge on any atom is -0.357 e. The minimum absolute atomic E-state index is 0. The number of nitrogens with one attached hydrogen (secondary N) is 2. The number of aryl methyl sites for hydroxylation is 1. The average molecular weight is 486 g/mol. The first kappa shape index (κ1) is 23.7. The molecular weight excluding hydrogens is 451 g/mol. The lowest BCUT2D eigenvalue weighted by Gasteiger charge is -2.31. The van der Waals surface area contributed by atoms with E-state index in [-0.39, 0.29) is 35.3 Å². The molecule has 0 unspecified atom stereocenters. The molecular formula is C21H35IN4O. The maximum atomic E-state index is 12.7. The van der Waals surface area contributed by atoms with E-state index in [2.05, 4.69) is 48.7 Å². The van der Waals surface area contributed by atoms with Gasteiger partial charge in [-0.25, -0.2) is 4.99 Å². The van der Waals surface area contributed by atoms with Gasteiger partial charge in [0.1, 0.15) is 0 Å². The zero-order valence-corrected chi connectivity index (χ0v) is 19.5. The number of amides is 1. The topological polar surface area (TPSA) is 56.7 Å². The largest absolute Gasteiger partial charge is 0.357 e. The van der Waals surface area contributed by atoms with Crippen LogP contribution in [-0.4, -0.2) is 44.0 Å². The molecule has 2 rings (SSSR count). The molecule has 0 aliphatic heterocycles. The van der Waals surface area contributed by atoms with Crippen LogP contribution < -0.4 is 10.6 Å². The molecule has 27 heavy (non-hydrogen) atoms. The van der Waals surface area contributed by atoms with Gasteiger partial charge in [0.25, 0.3) is 0 Å². The molecule has 1 amide bonds. The molecule has 0 radical (unpaired) electrons. The van der Waals surface area contributed by atoms with E-state index < -0.39 is 0 Å². The van der Waals surface area contributed by atoms with Crippen molar-refractivity contribution in [2.75, 3.05) is 27.2 Å². The second-order valence-corrected chi connectivity index (χ2v) is 7.36. The monoisotopic (exact) mass is 486 g/mol. The minimum atomic E-state index is -0.291. The normalized spacial score (nSPS) is 15.8. The molecule has 5 nitrogen and oxygen atoms in total. The van der Waals surface area contributed by atoms with Crippen LogP contribution in [0.3, 0.4) is 0 Å². The summed E-state index contributed by atoms with van der Waals surface area (Å²) in [6.07, 6.45) is 5.16. The first-order chi connectivity index (χ1) is 12.5. The molecule has 1 aromatic carbocycles. The van der Waals surface area contributed by atoms with Crippen molar-refractivity contribution < 1.29 is 4.79 Å². The fourth-order valence-electron chi connectivity index (χ4n) is 3.81. The summed E-state index contributed by atoms with van der Waals surface area (Å²) in [5.41, 5.74) is 2.30. The Balaban J connectivity index is 0.00000364. The van der Waals surface area contributed by atoms with Crippen LogP contribution in [0.15, 0.2) is 29.3 Å². The Labute approximate surface area is 181 Å². The number of benzene rings is 1. The molecule has 0 heterocycles. The molecule has 0 aromatic heterocycles. The highest BCUT2D eigenvalue weighted by atomic mass is 127. The van der Waals surface area contributed by atoms with Crippen molar-refractivity contribution in [3.05, 3.63) is 35.4 Å². The van der Waals surface area contributed by atoms with Gasteiger partial charge in [0.2, 0.25) is 5.91 Å². The summed E-state index contributed by atoms with van der Waals surface area (Å²) < 4.78 is 0. The van der Waals surface area contributed by atoms with Gasteiger partial charge < -0.3 is 15.5 Å². The second-order valence-electron chi connectivity index (χ2n) is 7.36. The highest BCUT2D eigenvalue weighted by molar-refractivity contribution is 14.0. The molecule has 1 aliphatic carbocycles. The van der Waals surface area contributed by atoms with E-state index in [1.54, 1.807) is 4.90 Å². The van der Waals surface area contributed by atoms with Crippen molar-refractivity contribution in [2.24, 2.45) is 10.4 Å². The van der Waals surface area contributed by atoms with Crippen LogP contribution in [0, 0.1) is 5.41 Å². The lowest BCUT2D eigenvalue weighted by molar-refractivity contribution is -0.138. The Morgan fingerprint density at radius 3 is 2.30 bits per heavy atom. The molecule has 1 aliphatic rings. The molecule has 1 fully saturated rings. The lowest BCUT2D eigenvalue weighted by Crippen LogP contribution is -2.49. The van der Waals surface area contributed by atoms with Gasteiger partial charge in [0, 0.05) is 27.2 Å². The third-order valence-electron chi connectivity index (χ3n) is 5.27. The van der Waals surface area contributed by atoms with Gasteiger partial charge in [-0.3, -0.25) is 4.79 Å². The molecule has 0 spiro atoms. The second kappa shape index (κ2) is 11.5. The number of guanidine groups is 1. The molecule has 6 heteroatoms. The SMILES string of the molecule is CCNC(=NCc1ccccc1CC)NCC1(C(=O)N(C)C)CCCC1.I. The van der Waals surface area contributed by atoms with Gasteiger partial charge in [-0.1, -0.05) is 44.0 Å². The van der Waals surface area contributed by atoms with Crippen molar-refractivity contribution in [1.82, 2.24) is 15.5 Å². The Morgan fingerprint density at radius 2 is 1.74 bits per heavy atom. The van der Waals surface area contributed by atoms with Crippen molar-refractivity contribution in [3.63, 3.8) is 0 Å². The van der Waals surface area contributed by atoms with E-state index in [0.717, 1.165) is 44.6 Å². The third kappa shape index (κ3) is 6.36. The molecule has 152 valence electrons. The Kier molecular flexibility index (Phi) is 10.1. The third-order valence-corrected chi connectivity index (χ3v) is 5.27. The number of rotatable bonds is 7. The van der Waals surface area contributed by atoms with E-state index in [1.165, 1.54) is 11.1 Å². The summed E-state index contributed by atoms with van der Waals surface area (Å²) in [4.78, 5) is 19.2. The van der Waals surface area contributed by atoms with E-state index in [0.29, 0.717) is 13.1 Å². The number of halogens is 1. The maximum Gasteiger partial charge on any atom is 0.230 e. The van der Waals surface area contributed by atoms with Gasteiger partial charge in [0.15, 0.2) is 5.96 Å². The summed E-state index contributed by atoms with van der Waals surface area (Å²) in [5, 5.41) is 6.75. The summed E-state index contributed by atoms with van der Waals surface area (Å²) >= 11 is 0. The molecule has 2 N–H and O–H groups in total. The van der Waals surface area contributed by atoms with Gasteiger partial charge in [-0.05, 0) is 37.3 Å². The van der Waals surface area contributed by atoms with Gasteiger partial charge >= 0.3 is 0 Å². The van der Waals surface area contributed by atoms with Gasteiger partial charge in [0.05, 0.1) is 12.0 Å². The summed E-state index contributed by atoms with van der Waals surface area (Å²) in [6.45, 7) is 6.32. The van der Waals surface area contributed by atoms with Crippen LogP contribution in [0.2, 0.25) is 0 Å². The first-order valence-electron chi connectivity index (χ1n) is 9.83. The predicted molar refractivity (Wildman–Crippen MR) is 124 cm³/mol. The predicted octanol–water partition coefficient (Wildman–Crippen LogP) is 3.57. The van der Waals surface area contributed by atoms with E-state index >= 15 is 0 Å². The van der Waals surface area contributed by atoms with E-state index in [4.69, 9.17) is 4.99 Å². The van der Waals surface area contributed by atoms with Crippen LogP contribution in [-0.2, 0) is 17.8 Å². The number of nitrogens with zero attached hydrogens (tertiary/aromatic N) is 2. The quantitative estimate of drug-likeness (QED) is 0.352. The van der Waals surface area contributed by atoms with Crippen molar-refractivity contribution in [1.29, 1.82) is 0 Å². The van der Waals surface area contributed by atoms with E-state index in [1.807, 2.05) is 14.1 Å². The molecule has 0 atom stereocenters. The molecule has 0 bridgehead atoms. The Hall–Kier alpha value is -1.31. The van der Waals surface area contributed by atoms with Crippen LogP contribution in [0.5, 0.6) is 0 Å². The number of carbonyl (C=O) groups is 1. The highest BCUT2D eigenvalue weighted by Crippen LogP contribution is 2.38. The first-order valence-corrected chi connectivity index (χ1v) is 9.83. The lowest BCUT2D eigenvalue weighted by atomic mass is 9.84. The van der Waals surface area contributed by atoms with Crippen LogP contribution in [0.4, 0.5) is 0 Å².